The van der Waals surface area contributed by atoms with Crippen LogP contribution in [0.5, 0.6) is 0 Å². The van der Waals surface area contributed by atoms with Gasteiger partial charge in [-0.25, -0.2) is 0 Å². The fraction of sp³-hybridized carbons (Fsp3) is 0.647. The molecule has 2 rings (SSSR count). The van der Waals surface area contributed by atoms with Gasteiger partial charge < -0.3 is 5.32 Å². The molecule has 1 aliphatic rings. The van der Waals surface area contributed by atoms with Gasteiger partial charge in [0.2, 0.25) is 0 Å². The van der Waals surface area contributed by atoms with Crippen LogP contribution in [0.25, 0.3) is 0 Å². The third-order valence-corrected chi connectivity index (χ3v) is 4.32. The van der Waals surface area contributed by atoms with Gasteiger partial charge in [0, 0.05) is 12.6 Å². The first-order valence-electron chi connectivity index (χ1n) is 7.67. The van der Waals surface area contributed by atoms with Gasteiger partial charge in [-0.05, 0) is 56.4 Å². The van der Waals surface area contributed by atoms with Crippen molar-refractivity contribution in [3.63, 3.8) is 0 Å². The summed E-state index contributed by atoms with van der Waals surface area (Å²) in [5.41, 5.74) is 3.02. The average Bonchev–Trinajstić information content (AvgIpc) is 2.86. The molecule has 1 aromatic rings. The van der Waals surface area contributed by atoms with Gasteiger partial charge in [0.15, 0.2) is 0 Å². The summed E-state index contributed by atoms with van der Waals surface area (Å²) in [7, 11) is 2.03. The van der Waals surface area contributed by atoms with Crippen LogP contribution in [0.3, 0.4) is 0 Å². The van der Waals surface area contributed by atoms with Crippen LogP contribution in [-0.4, -0.2) is 31.1 Å². The van der Waals surface area contributed by atoms with Gasteiger partial charge in [0.25, 0.3) is 0 Å². The number of nitrogens with zero attached hydrogens (tertiary/aromatic N) is 1. The van der Waals surface area contributed by atoms with Gasteiger partial charge in [-0.15, -0.1) is 0 Å². The van der Waals surface area contributed by atoms with E-state index < -0.39 is 0 Å². The largest absolute Gasteiger partial charge is 0.319 e. The van der Waals surface area contributed by atoms with Crippen molar-refractivity contribution in [3.05, 3.63) is 35.4 Å². The van der Waals surface area contributed by atoms with E-state index in [2.05, 4.69) is 48.3 Å². The summed E-state index contributed by atoms with van der Waals surface area (Å²) in [4.78, 5) is 2.68. The van der Waals surface area contributed by atoms with E-state index in [9.17, 15) is 0 Å². The van der Waals surface area contributed by atoms with E-state index in [4.69, 9.17) is 0 Å². The third kappa shape index (κ3) is 3.80. The van der Waals surface area contributed by atoms with Crippen LogP contribution < -0.4 is 5.32 Å². The lowest BCUT2D eigenvalue weighted by atomic mass is 10.00. The first-order chi connectivity index (χ1) is 9.22. The van der Waals surface area contributed by atoms with E-state index in [-0.39, 0.29) is 0 Å². The Balaban J connectivity index is 2.05. The smallest absolute Gasteiger partial charge is 0.0239 e. The Labute approximate surface area is 118 Å². The van der Waals surface area contributed by atoms with Crippen molar-refractivity contribution in [3.8, 4) is 0 Å². The Morgan fingerprint density at radius 1 is 1.26 bits per heavy atom. The Hall–Kier alpha value is -0.860. The molecule has 0 saturated carbocycles. The Morgan fingerprint density at radius 3 is 2.68 bits per heavy atom. The van der Waals surface area contributed by atoms with Gasteiger partial charge in [0.1, 0.15) is 0 Å². The molecule has 0 spiro atoms. The van der Waals surface area contributed by atoms with E-state index in [1.54, 1.807) is 0 Å². The number of hydrogen-bond acceptors (Lipinski definition) is 2. The predicted octanol–water partition coefficient (Wildman–Crippen LogP) is 3.07. The minimum Gasteiger partial charge on any atom is -0.319 e. The summed E-state index contributed by atoms with van der Waals surface area (Å²) in [5.74, 6) is 0.770. The number of nitrogens with one attached hydrogen (secondary N) is 1. The van der Waals surface area contributed by atoms with Gasteiger partial charge >= 0.3 is 0 Å². The summed E-state index contributed by atoms with van der Waals surface area (Å²) in [6.45, 7) is 8.17. The third-order valence-electron chi connectivity index (χ3n) is 4.32. The van der Waals surface area contributed by atoms with Gasteiger partial charge in [-0.3, -0.25) is 4.90 Å². The zero-order valence-corrected chi connectivity index (χ0v) is 12.7. The molecule has 2 heteroatoms. The lowest BCUT2D eigenvalue weighted by molar-refractivity contribution is 0.198. The Bertz CT molecular complexity index is 387. The molecule has 1 heterocycles. The van der Waals surface area contributed by atoms with Gasteiger partial charge in [0.05, 0.1) is 0 Å². The monoisotopic (exact) mass is 260 g/mol. The van der Waals surface area contributed by atoms with E-state index in [1.807, 2.05) is 7.05 Å². The molecule has 0 aromatic heterocycles. The molecular weight excluding hydrogens is 232 g/mol. The normalized spacial score (nSPS) is 20.3. The molecule has 0 radical (unpaired) electrons. The molecular formula is C17H28N2. The molecule has 0 amide bonds. The maximum atomic E-state index is 3.25. The van der Waals surface area contributed by atoms with Crippen molar-refractivity contribution in [2.24, 2.45) is 5.92 Å². The van der Waals surface area contributed by atoms with E-state index in [0.717, 1.165) is 31.5 Å². The SMILES string of the molecule is CNCCc1ccccc1CN1CCCC1C(C)C. The molecule has 19 heavy (non-hydrogen) atoms. The van der Waals surface area contributed by atoms with Gasteiger partial charge in [-0.2, -0.15) is 0 Å². The molecule has 1 atom stereocenters. The Kier molecular flexibility index (Phi) is 5.41. The summed E-state index contributed by atoms with van der Waals surface area (Å²) in [6, 6.07) is 9.71. The van der Waals surface area contributed by atoms with Crippen LogP contribution in [0.15, 0.2) is 24.3 Å². The molecule has 0 aliphatic carbocycles. The minimum absolute atomic E-state index is 0.770. The minimum atomic E-state index is 0.770. The summed E-state index contributed by atoms with van der Waals surface area (Å²) in [6.07, 6.45) is 3.87. The number of likely N-dealkylation sites (tertiary alicyclic amines) is 1. The van der Waals surface area contributed by atoms with Crippen molar-refractivity contribution in [1.29, 1.82) is 0 Å². The second-order valence-electron chi connectivity index (χ2n) is 6.05. The van der Waals surface area contributed by atoms with Crippen molar-refractivity contribution < 1.29 is 0 Å². The first kappa shape index (κ1) is 14.5. The Morgan fingerprint density at radius 2 is 2.00 bits per heavy atom. The molecule has 106 valence electrons. The number of likely N-dealkylation sites (N-methyl/N-ethyl adjacent to an activating group) is 1. The second kappa shape index (κ2) is 7.06. The van der Waals surface area contributed by atoms with Crippen LogP contribution in [0.2, 0.25) is 0 Å². The lowest BCUT2D eigenvalue weighted by Gasteiger charge is -2.28. The molecule has 1 saturated heterocycles. The molecule has 1 aliphatic heterocycles. The second-order valence-corrected chi connectivity index (χ2v) is 6.05. The maximum Gasteiger partial charge on any atom is 0.0239 e. The standard InChI is InChI=1S/C17H28N2/c1-14(2)17-9-6-12-19(17)13-16-8-5-4-7-15(16)10-11-18-3/h4-5,7-8,14,17-18H,6,9-13H2,1-3H3. The first-order valence-corrected chi connectivity index (χ1v) is 7.67. The number of rotatable bonds is 6. The van der Waals surface area contributed by atoms with Gasteiger partial charge in [-0.1, -0.05) is 38.1 Å². The van der Waals surface area contributed by atoms with Crippen molar-refractivity contribution in [1.82, 2.24) is 10.2 Å². The molecule has 1 unspecified atom stereocenters. The molecule has 1 N–H and O–H groups in total. The molecule has 2 nitrogen and oxygen atoms in total. The highest BCUT2D eigenvalue weighted by molar-refractivity contribution is 5.27. The highest BCUT2D eigenvalue weighted by Gasteiger charge is 2.27. The van der Waals surface area contributed by atoms with Crippen LogP contribution in [0.4, 0.5) is 0 Å². The quantitative estimate of drug-likeness (QED) is 0.845. The predicted molar refractivity (Wildman–Crippen MR) is 82.3 cm³/mol. The van der Waals surface area contributed by atoms with Crippen molar-refractivity contribution in [2.45, 2.75) is 45.7 Å². The van der Waals surface area contributed by atoms with E-state index >= 15 is 0 Å². The van der Waals surface area contributed by atoms with Crippen LogP contribution in [-0.2, 0) is 13.0 Å². The number of benzene rings is 1. The fourth-order valence-electron chi connectivity index (χ4n) is 3.24. The molecule has 0 bridgehead atoms. The summed E-state index contributed by atoms with van der Waals surface area (Å²) in [5, 5.41) is 3.25. The fourth-order valence-corrected chi connectivity index (χ4v) is 3.24. The lowest BCUT2D eigenvalue weighted by Crippen LogP contribution is -2.33. The van der Waals surface area contributed by atoms with Crippen LogP contribution in [0, 0.1) is 5.92 Å². The highest BCUT2D eigenvalue weighted by Crippen LogP contribution is 2.26. The summed E-state index contributed by atoms with van der Waals surface area (Å²) >= 11 is 0. The van der Waals surface area contributed by atoms with Crippen molar-refractivity contribution >= 4 is 0 Å². The molecule has 1 fully saturated rings. The van der Waals surface area contributed by atoms with E-state index in [0.29, 0.717) is 0 Å². The highest BCUT2D eigenvalue weighted by atomic mass is 15.2. The van der Waals surface area contributed by atoms with Crippen LogP contribution in [0.1, 0.15) is 37.8 Å². The van der Waals surface area contributed by atoms with Crippen molar-refractivity contribution in [2.75, 3.05) is 20.1 Å². The maximum absolute atomic E-state index is 3.25. The molecule has 1 aromatic carbocycles. The average molecular weight is 260 g/mol. The zero-order chi connectivity index (χ0) is 13.7. The zero-order valence-electron chi connectivity index (χ0n) is 12.7. The summed E-state index contributed by atoms with van der Waals surface area (Å²) < 4.78 is 0. The van der Waals surface area contributed by atoms with Crippen LogP contribution >= 0.6 is 0 Å². The number of hydrogen-bond donors (Lipinski definition) is 1. The topological polar surface area (TPSA) is 15.3 Å². The van der Waals surface area contributed by atoms with E-state index in [1.165, 1.54) is 30.5 Å².